The number of carbonyl (C=O) groups is 1. The summed E-state index contributed by atoms with van der Waals surface area (Å²) in [6, 6.07) is 7.03. The third kappa shape index (κ3) is 4.06. The Balaban J connectivity index is 2.25. The molecule has 5 nitrogen and oxygen atoms in total. The fraction of sp³-hybridized carbons (Fsp3) is 0.0714. The van der Waals surface area contributed by atoms with E-state index in [1.165, 1.54) is 0 Å². The second-order valence-corrected chi connectivity index (χ2v) is 5.99. The Kier molecular flexibility index (Phi) is 5.70. The molecule has 9 heteroatoms. The summed E-state index contributed by atoms with van der Waals surface area (Å²) in [6.07, 6.45) is 0. The van der Waals surface area contributed by atoms with Crippen LogP contribution in [0.1, 0.15) is 23.0 Å². The first-order chi connectivity index (χ1) is 10.8. The molecule has 0 spiro atoms. The van der Waals surface area contributed by atoms with Crippen molar-refractivity contribution < 1.29 is 4.79 Å². The van der Waals surface area contributed by atoms with Crippen molar-refractivity contribution in [2.75, 3.05) is 5.73 Å². The lowest BCUT2D eigenvalue weighted by molar-refractivity contribution is 0.0950. The Morgan fingerprint density at radius 1 is 1.22 bits per heavy atom. The van der Waals surface area contributed by atoms with Crippen LogP contribution in [-0.2, 0) is 0 Å². The zero-order valence-corrected chi connectivity index (χ0v) is 14.7. The highest BCUT2D eigenvalue weighted by molar-refractivity contribution is 6.46. The summed E-state index contributed by atoms with van der Waals surface area (Å²) in [6.45, 7) is 1.71. The lowest BCUT2D eigenvalue weighted by atomic mass is 10.1. The van der Waals surface area contributed by atoms with Crippen LogP contribution >= 0.6 is 46.4 Å². The molecule has 0 aliphatic carbocycles. The summed E-state index contributed by atoms with van der Waals surface area (Å²) in [5.74, 6) is -0.665. The van der Waals surface area contributed by atoms with Gasteiger partial charge in [0.25, 0.3) is 5.91 Å². The number of nitrogens with one attached hydrogen (secondary N) is 1. The number of aromatic nitrogens is 1. The first-order valence-corrected chi connectivity index (χ1v) is 7.73. The average molecular weight is 392 g/mol. The van der Waals surface area contributed by atoms with Crippen LogP contribution in [0.25, 0.3) is 0 Å². The topological polar surface area (TPSA) is 80.4 Å². The number of halogens is 4. The van der Waals surface area contributed by atoms with Crippen molar-refractivity contribution in [2.45, 2.75) is 6.92 Å². The van der Waals surface area contributed by atoms with Gasteiger partial charge in [0.15, 0.2) is 10.8 Å². The first-order valence-electron chi connectivity index (χ1n) is 6.21. The largest absolute Gasteiger partial charge is 0.396 e. The molecule has 0 saturated heterocycles. The van der Waals surface area contributed by atoms with Crippen molar-refractivity contribution in [3.8, 4) is 0 Å². The quantitative estimate of drug-likeness (QED) is 0.461. The second-order valence-electron chi connectivity index (χ2n) is 4.44. The maximum Gasteiger partial charge on any atom is 0.291 e. The first kappa shape index (κ1) is 17.8. The van der Waals surface area contributed by atoms with Crippen LogP contribution in [0.2, 0.25) is 20.2 Å². The molecule has 0 bridgehead atoms. The van der Waals surface area contributed by atoms with Crippen molar-refractivity contribution in [3.63, 3.8) is 0 Å². The normalized spacial score (nSPS) is 11.4. The maximum atomic E-state index is 12.1. The van der Waals surface area contributed by atoms with Crippen molar-refractivity contribution in [1.29, 1.82) is 0 Å². The third-order valence-electron chi connectivity index (χ3n) is 2.85. The lowest BCUT2D eigenvalue weighted by Gasteiger charge is -2.08. The Morgan fingerprint density at radius 2 is 1.91 bits per heavy atom. The van der Waals surface area contributed by atoms with Crippen LogP contribution < -0.4 is 11.2 Å². The van der Waals surface area contributed by atoms with E-state index >= 15 is 0 Å². The summed E-state index contributed by atoms with van der Waals surface area (Å²) in [5, 5.41) is 4.32. The molecule has 2 rings (SSSR count). The molecular weight excluding hydrogens is 382 g/mol. The highest BCUT2D eigenvalue weighted by Crippen LogP contribution is 2.34. The smallest absolute Gasteiger partial charge is 0.291 e. The van der Waals surface area contributed by atoms with Gasteiger partial charge in [0.05, 0.1) is 16.4 Å². The molecule has 0 fully saturated rings. The highest BCUT2D eigenvalue weighted by Gasteiger charge is 2.19. The van der Waals surface area contributed by atoms with E-state index in [1.807, 2.05) is 0 Å². The lowest BCUT2D eigenvalue weighted by Crippen LogP contribution is -2.21. The standard InChI is InChI=1S/C14H10Cl4N4O/c1-6(7-3-2-4-8(15)5-7)21-22-14(23)12-9(16)11(19)10(17)13(18)20-12/h2-5H,1H3,(H2,19,20)(H,22,23)/b21-6-. The van der Waals surface area contributed by atoms with E-state index in [4.69, 9.17) is 52.1 Å². The van der Waals surface area contributed by atoms with E-state index in [0.29, 0.717) is 10.7 Å². The van der Waals surface area contributed by atoms with Crippen LogP contribution in [0.4, 0.5) is 5.69 Å². The molecule has 0 unspecified atom stereocenters. The van der Waals surface area contributed by atoms with Crippen LogP contribution in [0.15, 0.2) is 29.4 Å². The van der Waals surface area contributed by atoms with Crippen molar-refractivity contribution in [2.24, 2.45) is 5.10 Å². The van der Waals surface area contributed by atoms with Gasteiger partial charge >= 0.3 is 0 Å². The summed E-state index contributed by atoms with van der Waals surface area (Å²) in [7, 11) is 0. The minimum absolute atomic E-state index is 0.00757. The molecule has 0 aliphatic heterocycles. The summed E-state index contributed by atoms with van der Waals surface area (Å²) >= 11 is 23.5. The summed E-state index contributed by atoms with van der Waals surface area (Å²) in [5.41, 5.74) is 9.12. The maximum absolute atomic E-state index is 12.1. The number of benzene rings is 1. The predicted molar refractivity (Wildman–Crippen MR) is 94.8 cm³/mol. The van der Waals surface area contributed by atoms with Gasteiger partial charge in [0, 0.05) is 5.02 Å². The average Bonchev–Trinajstić information content (AvgIpc) is 2.53. The number of rotatable bonds is 3. The third-order valence-corrected chi connectivity index (χ3v) is 4.23. The molecule has 3 N–H and O–H groups in total. The van der Waals surface area contributed by atoms with Crippen LogP contribution in [0, 0.1) is 0 Å². The van der Waals surface area contributed by atoms with Crippen LogP contribution in [-0.4, -0.2) is 16.6 Å². The predicted octanol–water partition coefficient (Wildman–Crippen LogP) is 4.43. The van der Waals surface area contributed by atoms with E-state index in [-0.39, 0.29) is 26.6 Å². The molecule has 0 saturated carbocycles. The number of carbonyl (C=O) groups excluding carboxylic acids is 1. The van der Waals surface area contributed by atoms with E-state index in [0.717, 1.165) is 5.56 Å². The number of anilines is 1. The Labute approximate surface area is 152 Å². The van der Waals surface area contributed by atoms with E-state index in [9.17, 15) is 4.79 Å². The summed E-state index contributed by atoms with van der Waals surface area (Å²) in [4.78, 5) is 16.0. The molecule has 2 aromatic rings. The number of hydrogen-bond donors (Lipinski definition) is 2. The number of amides is 1. The number of nitrogen functional groups attached to an aromatic ring is 1. The Hall–Kier alpha value is -1.53. The molecule has 1 aromatic carbocycles. The molecular formula is C14H10Cl4N4O. The van der Waals surface area contributed by atoms with Crippen LogP contribution in [0.3, 0.4) is 0 Å². The van der Waals surface area contributed by atoms with Crippen molar-refractivity contribution in [3.05, 3.63) is 55.7 Å². The van der Waals surface area contributed by atoms with Gasteiger partial charge in [-0.25, -0.2) is 10.4 Å². The minimum atomic E-state index is -0.665. The van der Waals surface area contributed by atoms with Gasteiger partial charge in [-0.15, -0.1) is 0 Å². The number of pyridine rings is 1. The molecule has 1 heterocycles. The summed E-state index contributed by atoms with van der Waals surface area (Å²) < 4.78 is 0. The van der Waals surface area contributed by atoms with Gasteiger partial charge in [0.1, 0.15) is 5.02 Å². The molecule has 120 valence electrons. The number of nitrogens with two attached hydrogens (primary N) is 1. The monoisotopic (exact) mass is 390 g/mol. The van der Waals surface area contributed by atoms with Crippen molar-refractivity contribution >= 4 is 63.7 Å². The molecule has 0 atom stereocenters. The molecule has 1 amide bonds. The van der Waals surface area contributed by atoms with Gasteiger partial charge in [-0.05, 0) is 24.6 Å². The van der Waals surface area contributed by atoms with Gasteiger partial charge in [-0.2, -0.15) is 5.10 Å². The molecule has 23 heavy (non-hydrogen) atoms. The molecule has 1 aromatic heterocycles. The Bertz CT molecular complexity index is 808. The zero-order chi connectivity index (χ0) is 17.1. The number of hydrazone groups is 1. The SMILES string of the molecule is C/C(=N/NC(=O)c1nc(Cl)c(Cl)c(N)c1Cl)c1cccc(Cl)c1. The fourth-order valence-electron chi connectivity index (χ4n) is 1.65. The van der Waals surface area contributed by atoms with Gasteiger partial charge in [0.2, 0.25) is 0 Å². The van der Waals surface area contributed by atoms with Gasteiger partial charge in [-0.3, -0.25) is 4.79 Å². The van der Waals surface area contributed by atoms with E-state index in [1.54, 1.807) is 31.2 Å². The molecule has 0 aliphatic rings. The Morgan fingerprint density at radius 3 is 2.57 bits per heavy atom. The van der Waals surface area contributed by atoms with Crippen molar-refractivity contribution in [1.82, 2.24) is 10.4 Å². The number of hydrogen-bond acceptors (Lipinski definition) is 4. The van der Waals surface area contributed by atoms with E-state index < -0.39 is 5.91 Å². The second kappa shape index (κ2) is 7.36. The van der Waals surface area contributed by atoms with Gasteiger partial charge < -0.3 is 5.73 Å². The highest BCUT2D eigenvalue weighted by atomic mass is 35.5. The van der Waals surface area contributed by atoms with Gasteiger partial charge in [-0.1, -0.05) is 58.5 Å². The fourth-order valence-corrected chi connectivity index (χ4v) is 2.43. The van der Waals surface area contributed by atoms with E-state index in [2.05, 4.69) is 15.5 Å². The number of nitrogens with zero attached hydrogens (tertiary/aromatic N) is 2. The minimum Gasteiger partial charge on any atom is -0.396 e. The van der Waals surface area contributed by atoms with Crippen LogP contribution in [0.5, 0.6) is 0 Å². The molecule has 0 radical (unpaired) electrons. The zero-order valence-electron chi connectivity index (χ0n) is 11.7.